The summed E-state index contributed by atoms with van der Waals surface area (Å²) < 4.78 is 58.5. The first-order valence-corrected chi connectivity index (χ1v) is 18.0. The SMILES string of the molecule is CC(C)(C)CCC1(NCc2ccc3cncn3c2)C(=O)C(C2=NS(=O)(=O)c3cc(NS(C)(=O)=O)ccc3N2)C(=O)c2ccccc21. The molecule has 4 aromatic rings. The zero-order chi connectivity index (χ0) is 33.1. The maximum absolute atomic E-state index is 14.9. The van der Waals surface area contributed by atoms with E-state index in [0.717, 1.165) is 23.4 Å². The summed E-state index contributed by atoms with van der Waals surface area (Å²) in [5.41, 5.74) is 1.21. The molecule has 2 aromatic heterocycles. The summed E-state index contributed by atoms with van der Waals surface area (Å²) in [6, 6.07) is 14.7. The minimum Gasteiger partial charge on any atom is -0.341 e. The number of pyridine rings is 1. The summed E-state index contributed by atoms with van der Waals surface area (Å²) in [7, 11) is -8.11. The summed E-state index contributed by atoms with van der Waals surface area (Å²) in [4.78, 5) is 32.9. The van der Waals surface area contributed by atoms with Gasteiger partial charge in [0.05, 0.1) is 30.0 Å². The van der Waals surface area contributed by atoms with Crippen LogP contribution in [0.2, 0.25) is 0 Å². The van der Waals surface area contributed by atoms with Gasteiger partial charge < -0.3 is 9.72 Å². The predicted octanol–water partition coefficient (Wildman–Crippen LogP) is 4.11. The molecule has 1 aliphatic heterocycles. The first kappa shape index (κ1) is 31.6. The Hall–Kier alpha value is -4.40. The largest absolute Gasteiger partial charge is 0.341 e. The van der Waals surface area contributed by atoms with Crippen molar-refractivity contribution in [2.75, 3.05) is 16.3 Å². The average Bonchev–Trinajstić information content (AvgIpc) is 3.44. The van der Waals surface area contributed by atoms with Crippen LogP contribution in [-0.2, 0) is 36.9 Å². The molecule has 2 atom stereocenters. The molecule has 0 radical (unpaired) electrons. The molecule has 0 saturated carbocycles. The number of amidine groups is 1. The molecule has 12 nitrogen and oxygen atoms in total. The Morgan fingerprint density at radius 3 is 2.57 bits per heavy atom. The molecule has 0 saturated heterocycles. The van der Waals surface area contributed by atoms with Gasteiger partial charge in [-0.15, -0.1) is 4.40 Å². The number of nitrogens with one attached hydrogen (secondary N) is 3. The van der Waals surface area contributed by atoms with Gasteiger partial charge in [0, 0.05) is 24.0 Å². The molecule has 0 fully saturated rings. The van der Waals surface area contributed by atoms with E-state index in [4.69, 9.17) is 0 Å². The summed E-state index contributed by atoms with van der Waals surface area (Å²) in [6.45, 7) is 6.48. The maximum atomic E-state index is 14.9. The zero-order valence-electron chi connectivity index (χ0n) is 25.7. The number of nitrogens with zero attached hydrogens (tertiary/aromatic N) is 3. The van der Waals surface area contributed by atoms with Gasteiger partial charge >= 0.3 is 0 Å². The Morgan fingerprint density at radius 2 is 1.83 bits per heavy atom. The highest BCUT2D eigenvalue weighted by atomic mass is 32.2. The second kappa shape index (κ2) is 11.1. The third-order valence-electron chi connectivity index (χ3n) is 8.23. The Balaban J connectivity index is 1.44. The first-order chi connectivity index (χ1) is 21.6. The number of benzene rings is 2. The van der Waals surface area contributed by atoms with E-state index in [1.807, 2.05) is 22.7 Å². The van der Waals surface area contributed by atoms with Crippen LogP contribution in [0.5, 0.6) is 0 Å². The fraction of sp³-hybridized carbons (Fsp3) is 0.312. The van der Waals surface area contributed by atoms with Crippen molar-refractivity contribution in [3.05, 3.63) is 90.0 Å². The number of sulfonamides is 2. The van der Waals surface area contributed by atoms with Crippen molar-refractivity contribution in [3.63, 3.8) is 0 Å². The summed E-state index contributed by atoms with van der Waals surface area (Å²) in [5.74, 6) is -2.92. The van der Waals surface area contributed by atoms with Crippen molar-refractivity contribution in [1.82, 2.24) is 14.7 Å². The lowest BCUT2D eigenvalue weighted by Crippen LogP contribution is -2.59. The molecule has 6 rings (SSSR count). The minimum absolute atomic E-state index is 0.0308. The highest BCUT2D eigenvalue weighted by Crippen LogP contribution is 2.43. The second-order valence-electron chi connectivity index (χ2n) is 13.0. The van der Waals surface area contributed by atoms with Crippen molar-refractivity contribution in [2.24, 2.45) is 15.7 Å². The van der Waals surface area contributed by atoms with Crippen molar-refractivity contribution < 1.29 is 26.4 Å². The number of hydrogen-bond donors (Lipinski definition) is 3. The third kappa shape index (κ3) is 5.95. The lowest BCUT2D eigenvalue weighted by Gasteiger charge is -2.43. The highest BCUT2D eigenvalue weighted by molar-refractivity contribution is 7.92. The number of rotatable bonds is 8. The summed E-state index contributed by atoms with van der Waals surface area (Å²) in [5, 5.41) is 6.43. The van der Waals surface area contributed by atoms with Crippen LogP contribution < -0.4 is 15.4 Å². The van der Waals surface area contributed by atoms with Gasteiger partial charge in [0.25, 0.3) is 10.0 Å². The van der Waals surface area contributed by atoms with Gasteiger partial charge in [0.15, 0.2) is 11.6 Å². The van der Waals surface area contributed by atoms with Crippen LogP contribution in [0.4, 0.5) is 11.4 Å². The standard InChI is InChI=1S/C32H34N6O6S2/c1-31(2,3)13-14-32(34-16-20-9-11-22-17-33-19-38(22)18-20)24-8-6-5-7-23(24)28(39)27(29(32)40)30-35-25-12-10-21(36-45(4,41)42)15-26(25)46(43,44)37-30/h5-12,15,17-19,27,34,36H,13-14,16H2,1-4H3,(H,35,37). The Kier molecular flexibility index (Phi) is 7.65. The average molecular weight is 663 g/mol. The lowest BCUT2D eigenvalue weighted by molar-refractivity contribution is -0.128. The quantitative estimate of drug-likeness (QED) is 0.235. The normalized spacial score (nSPS) is 20.9. The van der Waals surface area contributed by atoms with Crippen LogP contribution in [0.1, 0.15) is 55.1 Å². The number of carbonyl (C=O) groups excluding carboxylic acids is 2. The number of carbonyl (C=O) groups is 2. The van der Waals surface area contributed by atoms with Crippen molar-refractivity contribution in [2.45, 2.75) is 50.6 Å². The van der Waals surface area contributed by atoms with Gasteiger partial charge in [-0.1, -0.05) is 51.1 Å². The molecule has 3 heterocycles. The van der Waals surface area contributed by atoms with Gasteiger partial charge in [-0.25, -0.2) is 13.4 Å². The smallest absolute Gasteiger partial charge is 0.286 e. The van der Waals surface area contributed by atoms with Gasteiger partial charge in [-0.2, -0.15) is 8.42 Å². The molecule has 46 heavy (non-hydrogen) atoms. The van der Waals surface area contributed by atoms with Crippen LogP contribution in [-0.4, -0.2) is 49.9 Å². The van der Waals surface area contributed by atoms with E-state index in [1.165, 1.54) is 12.1 Å². The molecule has 0 bridgehead atoms. The van der Waals surface area contributed by atoms with E-state index < -0.39 is 43.1 Å². The molecule has 3 N–H and O–H groups in total. The van der Waals surface area contributed by atoms with Crippen molar-refractivity contribution >= 4 is 54.3 Å². The number of Topliss-reactive ketones (excluding diaryl/α,β-unsaturated/α-hetero) is 2. The van der Waals surface area contributed by atoms with Crippen molar-refractivity contribution in [1.29, 1.82) is 0 Å². The number of fused-ring (bicyclic) bond motifs is 3. The van der Waals surface area contributed by atoms with Crippen LogP contribution in [0.25, 0.3) is 5.52 Å². The van der Waals surface area contributed by atoms with E-state index in [-0.39, 0.29) is 34.1 Å². The van der Waals surface area contributed by atoms with E-state index in [0.29, 0.717) is 24.0 Å². The molecule has 2 aliphatic rings. The van der Waals surface area contributed by atoms with Gasteiger partial charge in [-0.3, -0.25) is 19.6 Å². The Morgan fingerprint density at radius 1 is 1.07 bits per heavy atom. The van der Waals surface area contributed by atoms with E-state index in [1.54, 1.807) is 36.8 Å². The van der Waals surface area contributed by atoms with Crippen LogP contribution >= 0.6 is 0 Å². The van der Waals surface area contributed by atoms with Crippen LogP contribution in [0.15, 0.2) is 82.6 Å². The Labute approximate surface area is 267 Å². The van der Waals surface area contributed by atoms with Crippen molar-refractivity contribution in [3.8, 4) is 0 Å². The molecular weight excluding hydrogens is 629 g/mol. The number of hydrogen-bond acceptors (Lipinski definition) is 9. The number of aromatic nitrogens is 2. The van der Waals surface area contributed by atoms with Gasteiger partial charge in [0.1, 0.15) is 22.2 Å². The molecular formula is C32H34N6O6S2. The third-order valence-corrected chi connectivity index (χ3v) is 10.2. The molecule has 14 heteroatoms. The molecule has 0 amide bonds. The molecule has 2 aromatic carbocycles. The maximum Gasteiger partial charge on any atom is 0.286 e. The van der Waals surface area contributed by atoms with Gasteiger partial charge in [0.2, 0.25) is 10.0 Å². The topological polar surface area (TPSA) is 168 Å². The first-order valence-electron chi connectivity index (χ1n) is 14.6. The van der Waals surface area contributed by atoms with E-state index in [9.17, 15) is 26.4 Å². The van der Waals surface area contributed by atoms with Crippen LogP contribution in [0.3, 0.4) is 0 Å². The summed E-state index contributed by atoms with van der Waals surface area (Å²) in [6.07, 6.45) is 7.24. The number of imidazole rings is 1. The molecule has 1 aliphatic carbocycles. The fourth-order valence-electron chi connectivity index (χ4n) is 5.97. The zero-order valence-corrected chi connectivity index (χ0v) is 27.4. The number of anilines is 2. The fourth-order valence-corrected chi connectivity index (χ4v) is 7.70. The molecule has 0 spiro atoms. The Bertz CT molecular complexity index is 2150. The second-order valence-corrected chi connectivity index (χ2v) is 16.3. The predicted molar refractivity (Wildman–Crippen MR) is 175 cm³/mol. The highest BCUT2D eigenvalue weighted by Gasteiger charge is 2.54. The molecule has 240 valence electrons. The van der Waals surface area contributed by atoms with E-state index >= 15 is 0 Å². The number of ketones is 2. The summed E-state index contributed by atoms with van der Waals surface area (Å²) >= 11 is 0. The van der Waals surface area contributed by atoms with Gasteiger partial charge in [-0.05, 0) is 53.6 Å². The molecule has 2 unspecified atom stereocenters. The lowest BCUT2D eigenvalue weighted by atomic mass is 9.66. The minimum atomic E-state index is -4.43. The van der Waals surface area contributed by atoms with E-state index in [2.05, 4.69) is 45.5 Å². The monoisotopic (exact) mass is 662 g/mol. The van der Waals surface area contributed by atoms with Crippen LogP contribution in [0, 0.1) is 11.3 Å².